The van der Waals surface area contributed by atoms with Gasteiger partial charge in [-0.2, -0.15) is 18.3 Å². The van der Waals surface area contributed by atoms with Gasteiger partial charge in [-0.3, -0.25) is 4.68 Å². The van der Waals surface area contributed by atoms with Gasteiger partial charge in [0.2, 0.25) is 0 Å². The van der Waals surface area contributed by atoms with Gasteiger partial charge >= 0.3 is 6.18 Å². The van der Waals surface area contributed by atoms with Crippen molar-refractivity contribution in [3.8, 4) is 11.3 Å². The topological polar surface area (TPSA) is 50.1 Å². The van der Waals surface area contributed by atoms with Gasteiger partial charge in [0.15, 0.2) is 5.69 Å². The zero-order valence-electron chi connectivity index (χ0n) is 10.6. The quantitative estimate of drug-likeness (QED) is 0.845. The number of aromatic nitrogens is 2. The molecule has 106 valence electrons. The highest BCUT2D eigenvalue weighted by atomic mass is 19.4. The molecule has 1 aliphatic heterocycles. The highest BCUT2D eigenvalue weighted by Crippen LogP contribution is 2.34. The van der Waals surface area contributed by atoms with Gasteiger partial charge in [0.1, 0.15) is 6.23 Å². The van der Waals surface area contributed by atoms with Crippen molar-refractivity contribution in [2.24, 2.45) is 7.05 Å². The number of halogens is 3. The van der Waals surface area contributed by atoms with E-state index < -0.39 is 18.1 Å². The van der Waals surface area contributed by atoms with E-state index in [0.29, 0.717) is 17.7 Å². The second kappa shape index (κ2) is 4.24. The maximum absolute atomic E-state index is 12.6. The molecule has 7 heteroatoms. The summed E-state index contributed by atoms with van der Waals surface area (Å²) in [6.45, 7) is 0. The first-order valence-electron chi connectivity index (χ1n) is 6.04. The van der Waals surface area contributed by atoms with Crippen LogP contribution in [0.2, 0.25) is 0 Å². The lowest BCUT2D eigenvalue weighted by Gasteiger charge is -2.05. The Hall–Kier alpha value is -2.02. The molecule has 0 fully saturated rings. The fourth-order valence-corrected chi connectivity index (χ4v) is 2.38. The van der Waals surface area contributed by atoms with Crippen LogP contribution in [-0.4, -0.2) is 21.1 Å². The van der Waals surface area contributed by atoms with Crippen LogP contribution in [0.25, 0.3) is 11.3 Å². The van der Waals surface area contributed by atoms with E-state index in [1.54, 1.807) is 18.2 Å². The van der Waals surface area contributed by atoms with Gasteiger partial charge in [-0.1, -0.05) is 6.07 Å². The Balaban J connectivity index is 2.02. The molecule has 3 rings (SSSR count). The van der Waals surface area contributed by atoms with E-state index in [9.17, 15) is 18.3 Å². The van der Waals surface area contributed by atoms with Crippen molar-refractivity contribution in [2.45, 2.75) is 18.8 Å². The number of benzene rings is 1. The second-order valence-corrected chi connectivity index (χ2v) is 4.77. The zero-order chi connectivity index (χ0) is 14.5. The molecule has 0 aliphatic carbocycles. The van der Waals surface area contributed by atoms with Gasteiger partial charge in [-0.05, 0) is 23.8 Å². The summed E-state index contributed by atoms with van der Waals surface area (Å²) in [5.41, 5.74) is 1.81. The van der Waals surface area contributed by atoms with E-state index in [0.717, 1.165) is 17.3 Å². The minimum Gasteiger partial charge on any atom is -0.373 e. The molecule has 0 radical (unpaired) electrons. The molecular weight excluding hydrogens is 271 g/mol. The second-order valence-electron chi connectivity index (χ2n) is 4.77. The van der Waals surface area contributed by atoms with Gasteiger partial charge in [-0.15, -0.1) is 0 Å². The molecular formula is C13H12F3N3O. The van der Waals surface area contributed by atoms with Gasteiger partial charge < -0.3 is 10.4 Å². The molecule has 1 aromatic carbocycles. The number of fused-ring (bicyclic) bond motifs is 1. The first kappa shape index (κ1) is 13.0. The lowest BCUT2D eigenvalue weighted by molar-refractivity contribution is -0.141. The molecule has 0 amide bonds. The Labute approximate surface area is 112 Å². The number of aryl methyl sites for hydroxylation is 1. The number of aliphatic hydroxyl groups excluding tert-OH is 1. The minimum absolute atomic E-state index is 0.390. The summed E-state index contributed by atoms with van der Waals surface area (Å²) in [6.07, 6.45) is -4.66. The van der Waals surface area contributed by atoms with Crippen LogP contribution in [0, 0.1) is 0 Å². The first-order chi connectivity index (χ1) is 9.34. The molecule has 2 aromatic rings. The van der Waals surface area contributed by atoms with Crippen LogP contribution < -0.4 is 5.32 Å². The van der Waals surface area contributed by atoms with Crippen molar-refractivity contribution in [3.63, 3.8) is 0 Å². The normalized spacial score (nSPS) is 17.9. The summed E-state index contributed by atoms with van der Waals surface area (Å²) in [5, 5.41) is 15.9. The lowest BCUT2D eigenvalue weighted by Crippen LogP contribution is -2.12. The molecule has 20 heavy (non-hydrogen) atoms. The Bertz CT molecular complexity index is 663. The third-order valence-electron chi connectivity index (χ3n) is 3.31. The van der Waals surface area contributed by atoms with E-state index in [2.05, 4.69) is 10.4 Å². The average Bonchev–Trinajstić information content (AvgIpc) is 2.89. The monoisotopic (exact) mass is 283 g/mol. The van der Waals surface area contributed by atoms with Crippen LogP contribution in [0.4, 0.5) is 18.9 Å². The van der Waals surface area contributed by atoms with Crippen LogP contribution in [0.1, 0.15) is 11.3 Å². The number of alkyl halides is 3. The van der Waals surface area contributed by atoms with E-state index in [1.165, 1.54) is 11.7 Å². The van der Waals surface area contributed by atoms with Crippen molar-refractivity contribution in [1.82, 2.24) is 9.78 Å². The number of hydrogen-bond acceptors (Lipinski definition) is 3. The van der Waals surface area contributed by atoms with Crippen molar-refractivity contribution < 1.29 is 18.3 Å². The van der Waals surface area contributed by atoms with Crippen molar-refractivity contribution in [2.75, 3.05) is 5.32 Å². The standard InChI is InChI=1S/C13H12F3N3O/c1-19-10(6-11(18-19)13(14,15)16)7-2-3-9-8(4-7)5-12(20)17-9/h2-4,6,12,17,20H,5H2,1H3. The summed E-state index contributed by atoms with van der Waals surface area (Å²) in [5.74, 6) is 0. The number of rotatable bonds is 1. The number of nitrogens with one attached hydrogen (secondary N) is 1. The predicted molar refractivity (Wildman–Crippen MR) is 67.0 cm³/mol. The lowest BCUT2D eigenvalue weighted by atomic mass is 10.1. The van der Waals surface area contributed by atoms with Crippen molar-refractivity contribution in [3.05, 3.63) is 35.5 Å². The molecule has 1 atom stereocenters. The zero-order valence-corrected chi connectivity index (χ0v) is 10.6. The summed E-state index contributed by atoms with van der Waals surface area (Å²) in [7, 11) is 1.48. The molecule has 1 aromatic heterocycles. The van der Waals surface area contributed by atoms with Crippen LogP contribution in [0.3, 0.4) is 0 Å². The number of hydrogen-bond donors (Lipinski definition) is 2. The number of nitrogens with zero attached hydrogens (tertiary/aromatic N) is 2. The Morgan fingerprint density at radius 3 is 2.75 bits per heavy atom. The minimum atomic E-state index is -4.45. The molecule has 0 bridgehead atoms. The fraction of sp³-hybridized carbons (Fsp3) is 0.308. The first-order valence-corrected chi connectivity index (χ1v) is 6.04. The van der Waals surface area contributed by atoms with E-state index in [-0.39, 0.29) is 0 Å². The van der Waals surface area contributed by atoms with Crippen LogP contribution >= 0.6 is 0 Å². The third-order valence-corrected chi connectivity index (χ3v) is 3.31. The molecule has 2 N–H and O–H groups in total. The van der Waals surface area contributed by atoms with E-state index >= 15 is 0 Å². The third kappa shape index (κ3) is 2.14. The van der Waals surface area contributed by atoms with Gasteiger partial charge in [0.25, 0.3) is 0 Å². The number of aliphatic hydroxyl groups is 1. The molecule has 4 nitrogen and oxygen atoms in total. The molecule has 0 saturated heterocycles. The highest BCUT2D eigenvalue weighted by molar-refractivity contribution is 5.68. The van der Waals surface area contributed by atoms with Crippen molar-refractivity contribution in [1.29, 1.82) is 0 Å². The van der Waals surface area contributed by atoms with Crippen LogP contribution in [-0.2, 0) is 19.6 Å². The predicted octanol–water partition coefficient (Wildman–Crippen LogP) is 2.39. The summed E-state index contributed by atoms with van der Waals surface area (Å²) >= 11 is 0. The smallest absolute Gasteiger partial charge is 0.373 e. The summed E-state index contributed by atoms with van der Waals surface area (Å²) < 4.78 is 39.2. The summed E-state index contributed by atoms with van der Waals surface area (Å²) in [4.78, 5) is 0. The number of anilines is 1. The molecule has 0 saturated carbocycles. The SMILES string of the molecule is Cn1nc(C(F)(F)F)cc1-c1ccc2c(c1)CC(O)N2. The fourth-order valence-electron chi connectivity index (χ4n) is 2.38. The Kier molecular flexibility index (Phi) is 2.75. The maximum Gasteiger partial charge on any atom is 0.435 e. The molecule has 1 unspecified atom stereocenters. The highest BCUT2D eigenvalue weighted by Gasteiger charge is 2.34. The Morgan fingerprint density at radius 1 is 1.35 bits per heavy atom. The van der Waals surface area contributed by atoms with E-state index in [4.69, 9.17) is 0 Å². The molecule has 1 aliphatic rings. The maximum atomic E-state index is 12.6. The van der Waals surface area contributed by atoms with Gasteiger partial charge in [-0.25, -0.2) is 0 Å². The van der Waals surface area contributed by atoms with Gasteiger partial charge in [0, 0.05) is 24.7 Å². The molecule has 2 heterocycles. The Morgan fingerprint density at radius 2 is 2.10 bits per heavy atom. The molecule has 0 spiro atoms. The van der Waals surface area contributed by atoms with Crippen molar-refractivity contribution >= 4 is 5.69 Å². The average molecular weight is 283 g/mol. The summed E-state index contributed by atoms with van der Waals surface area (Å²) in [6, 6.07) is 6.26. The van der Waals surface area contributed by atoms with Crippen LogP contribution in [0.5, 0.6) is 0 Å². The van der Waals surface area contributed by atoms with Crippen LogP contribution in [0.15, 0.2) is 24.3 Å². The van der Waals surface area contributed by atoms with Gasteiger partial charge in [0.05, 0.1) is 5.69 Å². The largest absolute Gasteiger partial charge is 0.435 e. The van der Waals surface area contributed by atoms with E-state index in [1.807, 2.05) is 0 Å².